The molecule has 4 atom stereocenters. The summed E-state index contributed by atoms with van der Waals surface area (Å²) in [6.45, 7) is 8.62. The minimum atomic E-state index is -0.402. The van der Waals surface area contributed by atoms with Crippen molar-refractivity contribution in [3.63, 3.8) is 0 Å². The van der Waals surface area contributed by atoms with Gasteiger partial charge in [-0.25, -0.2) is 4.79 Å². The van der Waals surface area contributed by atoms with Crippen LogP contribution in [-0.4, -0.2) is 35.2 Å². The Labute approximate surface area is 103 Å². The van der Waals surface area contributed by atoms with Crippen LogP contribution in [0.3, 0.4) is 0 Å². The lowest BCUT2D eigenvalue weighted by Crippen LogP contribution is -2.44. The van der Waals surface area contributed by atoms with E-state index < -0.39 is 5.60 Å². The van der Waals surface area contributed by atoms with Crippen LogP contribution in [0.5, 0.6) is 0 Å². The molecule has 98 valence electrons. The SMILES string of the molecule is C[C@@H](N)CC1[C@H]2C[C@@H]1N(C(=O)OC(C)(C)C)C2. The van der Waals surface area contributed by atoms with E-state index in [1.54, 1.807) is 0 Å². The van der Waals surface area contributed by atoms with Crippen molar-refractivity contribution in [2.75, 3.05) is 6.54 Å². The van der Waals surface area contributed by atoms with E-state index in [2.05, 4.69) is 0 Å². The van der Waals surface area contributed by atoms with E-state index >= 15 is 0 Å². The molecule has 1 amide bonds. The third kappa shape index (κ3) is 2.57. The summed E-state index contributed by atoms with van der Waals surface area (Å²) in [4.78, 5) is 13.9. The normalized spacial score (nSPS) is 33.2. The van der Waals surface area contributed by atoms with Gasteiger partial charge in [-0.3, -0.25) is 0 Å². The van der Waals surface area contributed by atoms with Crippen molar-refractivity contribution in [3.05, 3.63) is 0 Å². The fourth-order valence-corrected chi connectivity index (χ4v) is 3.04. The van der Waals surface area contributed by atoms with Gasteiger partial charge >= 0.3 is 6.09 Å². The number of amides is 1. The van der Waals surface area contributed by atoms with E-state index in [1.807, 2.05) is 32.6 Å². The number of carbonyl (C=O) groups excluding carboxylic acids is 1. The Balaban J connectivity index is 1.91. The lowest BCUT2D eigenvalue weighted by molar-refractivity contribution is 0.0194. The molecule has 0 spiro atoms. The summed E-state index contributed by atoms with van der Waals surface area (Å²) in [7, 11) is 0. The number of nitrogens with two attached hydrogens (primary N) is 1. The average Bonchev–Trinajstić information content (AvgIpc) is 2.68. The largest absolute Gasteiger partial charge is 0.444 e. The fraction of sp³-hybridized carbons (Fsp3) is 0.923. The van der Waals surface area contributed by atoms with Gasteiger partial charge in [-0.2, -0.15) is 0 Å². The number of fused-ring (bicyclic) bond motifs is 1. The Morgan fingerprint density at radius 3 is 2.71 bits per heavy atom. The molecule has 3 fully saturated rings. The van der Waals surface area contributed by atoms with Gasteiger partial charge in [0.15, 0.2) is 0 Å². The quantitative estimate of drug-likeness (QED) is 0.803. The molecule has 2 bridgehead atoms. The van der Waals surface area contributed by atoms with E-state index in [0.717, 1.165) is 19.4 Å². The molecule has 0 radical (unpaired) electrons. The molecular weight excluding hydrogens is 216 g/mol. The van der Waals surface area contributed by atoms with Gasteiger partial charge in [0.2, 0.25) is 0 Å². The minimum Gasteiger partial charge on any atom is -0.444 e. The van der Waals surface area contributed by atoms with Crippen molar-refractivity contribution >= 4 is 6.09 Å². The minimum absolute atomic E-state index is 0.155. The summed E-state index contributed by atoms with van der Waals surface area (Å²) in [5.41, 5.74) is 5.44. The monoisotopic (exact) mass is 240 g/mol. The summed E-state index contributed by atoms with van der Waals surface area (Å²) in [6.07, 6.45) is 2.00. The van der Waals surface area contributed by atoms with Crippen molar-refractivity contribution in [1.29, 1.82) is 0 Å². The summed E-state index contributed by atoms with van der Waals surface area (Å²) in [6, 6.07) is 0.602. The maximum Gasteiger partial charge on any atom is 0.410 e. The van der Waals surface area contributed by atoms with Crippen LogP contribution in [0.25, 0.3) is 0 Å². The van der Waals surface area contributed by atoms with E-state index in [0.29, 0.717) is 17.9 Å². The molecule has 0 aromatic heterocycles. The Morgan fingerprint density at radius 1 is 1.53 bits per heavy atom. The van der Waals surface area contributed by atoms with Crippen LogP contribution in [0.4, 0.5) is 4.79 Å². The van der Waals surface area contributed by atoms with Gasteiger partial charge in [-0.05, 0) is 52.4 Å². The molecule has 2 aliphatic heterocycles. The van der Waals surface area contributed by atoms with Crippen molar-refractivity contribution in [2.45, 2.75) is 58.2 Å². The van der Waals surface area contributed by atoms with Crippen molar-refractivity contribution in [2.24, 2.45) is 17.6 Å². The zero-order chi connectivity index (χ0) is 12.8. The van der Waals surface area contributed by atoms with Gasteiger partial charge in [-0.1, -0.05) is 0 Å². The first-order valence-electron chi connectivity index (χ1n) is 6.53. The molecule has 1 unspecified atom stereocenters. The number of ether oxygens (including phenoxy) is 1. The summed E-state index contributed by atoms with van der Waals surface area (Å²) < 4.78 is 5.43. The second-order valence-electron chi connectivity index (χ2n) is 6.57. The highest BCUT2D eigenvalue weighted by atomic mass is 16.6. The molecule has 3 rings (SSSR count). The third-order valence-corrected chi connectivity index (χ3v) is 3.75. The van der Waals surface area contributed by atoms with Gasteiger partial charge in [0.25, 0.3) is 0 Å². The predicted octanol–water partition coefficient (Wildman–Crippen LogP) is 1.98. The van der Waals surface area contributed by atoms with Crippen LogP contribution in [0, 0.1) is 11.8 Å². The predicted molar refractivity (Wildman–Crippen MR) is 66.6 cm³/mol. The van der Waals surface area contributed by atoms with Crippen molar-refractivity contribution in [1.82, 2.24) is 4.90 Å². The Kier molecular flexibility index (Phi) is 3.10. The zero-order valence-corrected chi connectivity index (χ0v) is 11.3. The van der Waals surface area contributed by atoms with Crippen LogP contribution >= 0.6 is 0 Å². The van der Waals surface area contributed by atoms with E-state index in [1.165, 1.54) is 0 Å². The van der Waals surface area contributed by atoms with Crippen molar-refractivity contribution < 1.29 is 9.53 Å². The highest BCUT2D eigenvalue weighted by molar-refractivity contribution is 5.69. The summed E-state index contributed by atoms with van der Waals surface area (Å²) in [5, 5.41) is 0. The Morgan fingerprint density at radius 2 is 2.18 bits per heavy atom. The molecule has 0 aromatic rings. The lowest BCUT2D eigenvalue weighted by atomic mass is 9.71. The second-order valence-corrected chi connectivity index (χ2v) is 6.57. The van der Waals surface area contributed by atoms with Crippen molar-refractivity contribution in [3.8, 4) is 0 Å². The van der Waals surface area contributed by atoms with Crippen LogP contribution in [0.15, 0.2) is 0 Å². The highest BCUT2D eigenvalue weighted by Crippen LogP contribution is 2.48. The molecule has 1 aliphatic carbocycles. The molecular formula is C13H24N2O2. The Hall–Kier alpha value is -0.770. The maximum atomic E-state index is 12.0. The van der Waals surface area contributed by atoms with Crippen LogP contribution < -0.4 is 5.73 Å². The topological polar surface area (TPSA) is 55.6 Å². The van der Waals surface area contributed by atoms with Crippen LogP contribution in [-0.2, 0) is 4.74 Å². The lowest BCUT2D eigenvalue weighted by Gasteiger charge is -2.37. The summed E-state index contributed by atoms with van der Waals surface area (Å²) >= 11 is 0. The number of rotatable bonds is 2. The number of carbonyl (C=O) groups is 1. The molecule has 17 heavy (non-hydrogen) atoms. The van der Waals surface area contributed by atoms with E-state index in [-0.39, 0.29) is 12.1 Å². The second kappa shape index (κ2) is 4.16. The van der Waals surface area contributed by atoms with E-state index in [9.17, 15) is 4.79 Å². The van der Waals surface area contributed by atoms with Gasteiger partial charge < -0.3 is 15.4 Å². The van der Waals surface area contributed by atoms with E-state index in [4.69, 9.17) is 10.5 Å². The third-order valence-electron chi connectivity index (χ3n) is 3.75. The molecule has 1 saturated carbocycles. The first-order chi connectivity index (χ1) is 7.78. The summed E-state index contributed by atoms with van der Waals surface area (Å²) in [5.74, 6) is 1.25. The highest BCUT2D eigenvalue weighted by Gasteiger charge is 2.54. The number of nitrogens with zero attached hydrogens (tertiary/aromatic N) is 1. The molecule has 4 heteroatoms. The smallest absolute Gasteiger partial charge is 0.410 e. The molecule has 2 heterocycles. The molecule has 2 N–H and O–H groups in total. The number of hydrogen-bond donors (Lipinski definition) is 1. The first kappa shape index (κ1) is 12.7. The molecule has 0 aromatic carbocycles. The van der Waals surface area contributed by atoms with Gasteiger partial charge in [0, 0.05) is 18.6 Å². The van der Waals surface area contributed by atoms with Gasteiger partial charge in [0.05, 0.1) is 0 Å². The average molecular weight is 240 g/mol. The molecule has 4 nitrogen and oxygen atoms in total. The number of hydrogen-bond acceptors (Lipinski definition) is 3. The zero-order valence-electron chi connectivity index (χ0n) is 11.3. The first-order valence-corrected chi connectivity index (χ1v) is 6.53. The molecule has 3 aliphatic rings. The maximum absolute atomic E-state index is 12.0. The fourth-order valence-electron chi connectivity index (χ4n) is 3.04. The molecule has 2 saturated heterocycles. The Bertz CT molecular complexity index is 309. The van der Waals surface area contributed by atoms with Gasteiger partial charge in [0.1, 0.15) is 5.60 Å². The standard InChI is InChI=1S/C13H24N2O2/c1-8(14)5-10-9-6-11(10)15(7-9)12(16)17-13(2,3)4/h8-11H,5-7,14H2,1-4H3/t8-,9+,10?,11+/m1/s1. The van der Waals surface area contributed by atoms with Crippen LogP contribution in [0.2, 0.25) is 0 Å². The van der Waals surface area contributed by atoms with Crippen LogP contribution in [0.1, 0.15) is 40.5 Å². The van der Waals surface area contributed by atoms with Gasteiger partial charge in [-0.15, -0.1) is 0 Å².